The summed E-state index contributed by atoms with van der Waals surface area (Å²) in [6.07, 6.45) is 2.44. The highest BCUT2D eigenvalue weighted by atomic mass is 16.3. The first kappa shape index (κ1) is 12.1. The summed E-state index contributed by atoms with van der Waals surface area (Å²) in [5.74, 6) is 0.423. The number of unbranched alkanes of at least 4 members (excludes halogenated alkanes) is 1. The Morgan fingerprint density at radius 1 is 1.20 bits per heavy atom. The summed E-state index contributed by atoms with van der Waals surface area (Å²) in [5.41, 5.74) is 3.17. The monoisotopic (exact) mass is 207 g/mol. The fourth-order valence-electron chi connectivity index (χ4n) is 1.68. The molecule has 2 nitrogen and oxygen atoms in total. The second-order valence-corrected chi connectivity index (χ2v) is 4.11. The molecule has 0 heterocycles. The van der Waals surface area contributed by atoms with Crippen molar-refractivity contribution in [3.8, 4) is 5.75 Å². The van der Waals surface area contributed by atoms with Crippen molar-refractivity contribution in [2.75, 3.05) is 6.54 Å². The summed E-state index contributed by atoms with van der Waals surface area (Å²) < 4.78 is 0. The third kappa shape index (κ3) is 3.56. The molecule has 0 aliphatic carbocycles. The number of phenols is 1. The maximum atomic E-state index is 9.62. The SMILES string of the molecule is CCCCNCc1cc(C)c(O)c(C)c1. The van der Waals surface area contributed by atoms with Crippen molar-refractivity contribution in [3.63, 3.8) is 0 Å². The minimum atomic E-state index is 0.423. The summed E-state index contributed by atoms with van der Waals surface area (Å²) in [5, 5.41) is 13.0. The number of benzene rings is 1. The molecule has 0 saturated carbocycles. The standard InChI is InChI=1S/C13H21NO/c1-4-5-6-14-9-12-7-10(2)13(15)11(3)8-12/h7-8,14-15H,4-6,9H2,1-3H3. The molecule has 0 aliphatic heterocycles. The lowest BCUT2D eigenvalue weighted by Crippen LogP contribution is -2.14. The number of aromatic hydroxyl groups is 1. The van der Waals surface area contributed by atoms with Gasteiger partial charge in [0.15, 0.2) is 0 Å². The molecular formula is C13H21NO. The summed E-state index contributed by atoms with van der Waals surface area (Å²) >= 11 is 0. The van der Waals surface area contributed by atoms with Crippen molar-refractivity contribution in [2.45, 2.75) is 40.2 Å². The fourth-order valence-corrected chi connectivity index (χ4v) is 1.68. The van der Waals surface area contributed by atoms with E-state index >= 15 is 0 Å². The first-order valence-corrected chi connectivity index (χ1v) is 5.65. The second-order valence-electron chi connectivity index (χ2n) is 4.11. The summed E-state index contributed by atoms with van der Waals surface area (Å²) in [4.78, 5) is 0. The van der Waals surface area contributed by atoms with Gasteiger partial charge in [-0.2, -0.15) is 0 Å². The van der Waals surface area contributed by atoms with E-state index in [0.717, 1.165) is 24.2 Å². The molecule has 0 amide bonds. The zero-order chi connectivity index (χ0) is 11.3. The van der Waals surface area contributed by atoms with Crippen LogP contribution < -0.4 is 5.32 Å². The number of rotatable bonds is 5. The fraction of sp³-hybridized carbons (Fsp3) is 0.538. The lowest BCUT2D eigenvalue weighted by molar-refractivity contribution is 0.466. The molecule has 0 aromatic heterocycles. The summed E-state index contributed by atoms with van der Waals surface area (Å²) in [6.45, 7) is 8.03. The molecule has 15 heavy (non-hydrogen) atoms. The van der Waals surface area contributed by atoms with Crippen LogP contribution in [0.2, 0.25) is 0 Å². The largest absolute Gasteiger partial charge is 0.507 e. The Hall–Kier alpha value is -1.02. The average Bonchev–Trinajstić information content (AvgIpc) is 2.21. The molecule has 0 atom stereocenters. The van der Waals surface area contributed by atoms with Crippen LogP contribution in [0.5, 0.6) is 5.75 Å². The smallest absolute Gasteiger partial charge is 0.121 e. The molecule has 84 valence electrons. The van der Waals surface area contributed by atoms with Crippen LogP contribution in [0.3, 0.4) is 0 Å². The van der Waals surface area contributed by atoms with Gasteiger partial charge in [-0.3, -0.25) is 0 Å². The Labute approximate surface area is 92.3 Å². The van der Waals surface area contributed by atoms with Crippen LogP contribution in [-0.4, -0.2) is 11.7 Å². The molecule has 2 N–H and O–H groups in total. The van der Waals surface area contributed by atoms with Crippen LogP contribution in [0.15, 0.2) is 12.1 Å². The zero-order valence-electron chi connectivity index (χ0n) is 9.93. The van der Waals surface area contributed by atoms with Crippen molar-refractivity contribution in [3.05, 3.63) is 28.8 Å². The third-order valence-electron chi connectivity index (χ3n) is 2.59. The molecule has 1 aromatic rings. The van der Waals surface area contributed by atoms with E-state index in [9.17, 15) is 5.11 Å². The van der Waals surface area contributed by atoms with Gasteiger partial charge in [-0.25, -0.2) is 0 Å². The molecule has 0 unspecified atom stereocenters. The van der Waals surface area contributed by atoms with Crippen LogP contribution >= 0.6 is 0 Å². The number of hydrogen-bond donors (Lipinski definition) is 2. The Bertz CT molecular complexity index is 297. The number of nitrogens with one attached hydrogen (secondary N) is 1. The second kappa shape index (κ2) is 5.76. The molecule has 0 aliphatic rings. The minimum absolute atomic E-state index is 0.423. The Balaban J connectivity index is 2.55. The van der Waals surface area contributed by atoms with Crippen LogP contribution in [0.4, 0.5) is 0 Å². The Morgan fingerprint density at radius 3 is 2.33 bits per heavy atom. The average molecular weight is 207 g/mol. The molecular weight excluding hydrogens is 186 g/mol. The molecule has 0 fully saturated rings. The highest BCUT2D eigenvalue weighted by Gasteiger charge is 2.02. The van der Waals surface area contributed by atoms with E-state index in [0.29, 0.717) is 5.75 Å². The predicted octanol–water partition coefficient (Wildman–Crippen LogP) is 2.90. The van der Waals surface area contributed by atoms with Crippen molar-refractivity contribution in [2.24, 2.45) is 0 Å². The van der Waals surface area contributed by atoms with Gasteiger partial charge in [0.05, 0.1) is 0 Å². The Morgan fingerprint density at radius 2 is 1.80 bits per heavy atom. The van der Waals surface area contributed by atoms with E-state index in [4.69, 9.17) is 0 Å². The van der Waals surface area contributed by atoms with E-state index in [1.54, 1.807) is 0 Å². The summed E-state index contributed by atoms with van der Waals surface area (Å²) in [6, 6.07) is 4.09. The van der Waals surface area contributed by atoms with Gasteiger partial charge in [-0.15, -0.1) is 0 Å². The van der Waals surface area contributed by atoms with Crippen molar-refractivity contribution in [1.29, 1.82) is 0 Å². The summed E-state index contributed by atoms with van der Waals surface area (Å²) in [7, 11) is 0. The van der Waals surface area contributed by atoms with Crippen LogP contribution in [-0.2, 0) is 6.54 Å². The quantitative estimate of drug-likeness (QED) is 0.728. The first-order chi connectivity index (χ1) is 7.15. The van der Waals surface area contributed by atoms with E-state index in [1.807, 2.05) is 26.0 Å². The van der Waals surface area contributed by atoms with Gasteiger partial charge in [0, 0.05) is 6.54 Å². The first-order valence-electron chi connectivity index (χ1n) is 5.65. The maximum Gasteiger partial charge on any atom is 0.121 e. The van der Waals surface area contributed by atoms with E-state index in [-0.39, 0.29) is 0 Å². The molecule has 0 bridgehead atoms. The van der Waals surface area contributed by atoms with E-state index in [2.05, 4.69) is 12.2 Å². The van der Waals surface area contributed by atoms with Gasteiger partial charge in [-0.05, 0) is 43.5 Å². The predicted molar refractivity (Wildman–Crippen MR) is 64.2 cm³/mol. The van der Waals surface area contributed by atoms with Gasteiger partial charge in [0.2, 0.25) is 0 Å². The van der Waals surface area contributed by atoms with Gasteiger partial charge in [-0.1, -0.05) is 25.5 Å². The van der Waals surface area contributed by atoms with Crippen molar-refractivity contribution in [1.82, 2.24) is 5.32 Å². The van der Waals surface area contributed by atoms with Crippen LogP contribution in [0.25, 0.3) is 0 Å². The van der Waals surface area contributed by atoms with Gasteiger partial charge < -0.3 is 10.4 Å². The minimum Gasteiger partial charge on any atom is -0.507 e. The number of phenolic OH excluding ortho intramolecular Hbond substituents is 1. The number of aryl methyl sites for hydroxylation is 2. The highest BCUT2D eigenvalue weighted by Crippen LogP contribution is 2.22. The van der Waals surface area contributed by atoms with Crippen LogP contribution in [0.1, 0.15) is 36.5 Å². The maximum absolute atomic E-state index is 9.62. The zero-order valence-corrected chi connectivity index (χ0v) is 9.93. The van der Waals surface area contributed by atoms with Crippen LogP contribution in [0, 0.1) is 13.8 Å². The molecule has 2 heteroatoms. The molecule has 0 radical (unpaired) electrons. The topological polar surface area (TPSA) is 32.3 Å². The number of hydrogen-bond acceptors (Lipinski definition) is 2. The molecule has 0 spiro atoms. The third-order valence-corrected chi connectivity index (χ3v) is 2.59. The molecule has 1 rings (SSSR count). The van der Waals surface area contributed by atoms with E-state index < -0.39 is 0 Å². The van der Waals surface area contributed by atoms with E-state index in [1.165, 1.54) is 18.4 Å². The normalized spacial score (nSPS) is 10.6. The van der Waals surface area contributed by atoms with Gasteiger partial charge in [0.25, 0.3) is 0 Å². The lowest BCUT2D eigenvalue weighted by Gasteiger charge is -2.08. The highest BCUT2D eigenvalue weighted by molar-refractivity contribution is 5.42. The van der Waals surface area contributed by atoms with Gasteiger partial charge in [0.1, 0.15) is 5.75 Å². The van der Waals surface area contributed by atoms with Crippen molar-refractivity contribution >= 4 is 0 Å². The van der Waals surface area contributed by atoms with Gasteiger partial charge >= 0.3 is 0 Å². The molecule has 1 aromatic carbocycles. The lowest BCUT2D eigenvalue weighted by atomic mass is 10.1. The Kier molecular flexibility index (Phi) is 4.63. The van der Waals surface area contributed by atoms with Crippen molar-refractivity contribution < 1.29 is 5.11 Å². The molecule has 0 saturated heterocycles.